The molecule has 1 saturated carbocycles. The Hall–Kier alpha value is -0.530. The summed E-state index contributed by atoms with van der Waals surface area (Å²) in [4.78, 5) is 18.4. The van der Waals surface area contributed by atoms with Crippen LogP contribution in [0.2, 0.25) is 0 Å². The van der Waals surface area contributed by atoms with Crippen molar-refractivity contribution in [3.63, 3.8) is 0 Å². The fraction of sp³-hybridized carbons (Fsp3) is 0.875. The average Bonchev–Trinajstić information content (AvgIpc) is 3.13. The molecule has 2 N–H and O–H groups in total. The summed E-state index contributed by atoms with van der Waals surface area (Å²) in [5, 5.41) is 6.66. The highest BCUT2D eigenvalue weighted by Gasteiger charge is 2.28. The molecule has 0 unspecified atom stereocenters. The molecule has 2 aliphatic rings. The quantitative estimate of drug-likeness (QED) is 0.407. The third-order valence-electron chi connectivity index (χ3n) is 4.67. The van der Waals surface area contributed by atoms with Gasteiger partial charge in [0.25, 0.3) is 0 Å². The van der Waals surface area contributed by atoms with Gasteiger partial charge in [-0.2, -0.15) is 0 Å². The van der Waals surface area contributed by atoms with Crippen LogP contribution in [0.5, 0.6) is 0 Å². The van der Waals surface area contributed by atoms with Crippen molar-refractivity contribution in [3.05, 3.63) is 0 Å². The van der Waals surface area contributed by atoms with Crippen LogP contribution < -0.4 is 10.6 Å². The van der Waals surface area contributed by atoms with Gasteiger partial charge in [0.1, 0.15) is 6.54 Å². The van der Waals surface area contributed by atoms with Gasteiger partial charge in [-0.05, 0) is 38.0 Å². The highest BCUT2D eigenvalue weighted by Crippen LogP contribution is 2.36. The molecule has 5 nitrogen and oxygen atoms in total. The Kier molecular flexibility index (Phi) is 8.49. The lowest BCUT2D eigenvalue weighted by Crippen LogP contribution is -2.43. The predicted molar refractivity (Wildman–Crippen MR) is 102 cm³/mol. The predicted octanol–water partition coefficient (Wildman–Crippen LogP) is 2.36. The summed E-state index contributed by atoms with van der Waals surface area (Å²) < 4.78 is 0. The van der Waals surface area contributed by atoms with Crippen molar-refractivity contribution in [2.24, 2.45) is 10.4 Å². The van der Waals surface area contributed by atoms with E-state index in [1.54, 1.807) is 0 Å². The number of rotatable bonds is 5. The lowest BCUT2D eigenvalue weighted by Gasteiger charge is -2.25. The minimum Gasteiger partial charge on any atom is -0.357 e. The molecule has 0 atom stereocenters. The number of aliphatic imine (C=N–C) groups is 1. The zero-order valence-corrected chi connectivity index (χ0v) is 16.3. The van der Waals surface area contributed by atoms with E-state index >= 15 is 0 Å². The molecule has 0 aromatic rings. The molecule has 2 rings (SSSR count). The molecule has 0 spiro atoms. The van der Waals surface area contributed by atoms with Gasteiger partial charge in [0.05, 0.1) is 0 Å². The standard InChI is InChI=1S/C16H30N4O.HI/c1-3-17-15(19-13-16(2)8-4-5-9-16)18-12-14(21)20-10-6-7-11-20;/h3-13H2,1-2H3,(H2,17,18,19);1H. The number of amides is 1. The van der Waals surface area contributed by atoms with Crippen LogP contribution in [-0.4, -0.2) is 49.5 Å². The fourth-order valence-corrected chi connectivity index (χ4v) is 3.26. The maximum atomic E-state index is 12.0. The van der Waals surface area contributed by atoms with Gasteiger partial charge in [-0.1, -0.05) is 19.8 Å². The van der Waals surface area contributed by atoms with Crippen LogP contribution in [0.15, 0.2) is 4.99 Å². The minimum atomic E-state index is 0. The highest BCUT2D eigenvalue weighted by molar-refractivity contribution is 14.0. The third kappa shape index (κ3) is 5.93. The minimum absolute atomic E-state index is 0. The maximum Gasteiger partial charge on any atom is 0.244 e. The van der Waals surface area contributed by atoms with E-state index in [1.807, 2.05) is 4.90 Å². The smallest absolute Gasteiger partial charge is 0.244 e. The Bertz CT molecular complexity index is 374. The highest BCUT2D eigenvalue weighted by atomic mass is 127. The van der Waals surface area contributed by atoms with E-state index in [2.05, 4.69) is 29.5 Å². The summed E-state index contributed by atoms with van der Waals surface area (Å²) >= 11 is 0. The number of carbonyl (C=O) groups excluding carboxylic acids is 1. The zero-order chi connectivity index (χ0) is 15.1. The molecule has 128 valence electrons. The van der Waals surface area contributed by atoms with E-state index in [-0.39, 0.29) is 36.4 Å². The van der Waals surface area contributed by atoms with E-state index in [0.29, 0.717) is 5.41 Å². The van der Waals surface area contributed by atoms with Crippen LogP contribution in [0.3, 0.4) is 0 Å². The molecule has 1 heterocycles. The van der Waals surface area contributed by atoms with Gasteiger partial charge in [-0.15, -0.1) is 24.0 Å². The first-order chi connectivity index (χ1) is 10.1. The lowest BCUT2D eigenvalue weighted by atomic mass is 9.89. The summed E-state index contributed by atoms with van der Waals surface area (Å²) in [5.41, 5.74) is 0.384. The second-order valence-electron chi connectivity index (χ2n) is 6.65. The average molecular weight is 422 g/mol. The first kappa shape index (κ1) is 19.5. The molecule has 0 aromatic carbocycles. The van der Waals surface area contributed by atoms with Crippen molar-refractivity contribution < 1.29 is 4.79 Å². The van der Waals surface area contributed by atoms with Crippen LogP contribution >= 0.6 is 24.0 Å². The van der Waals surface area contributed by atoms with Crippen molar-refractivity contribution >= 4 is 35.8 Å². The van der Waals surface area contributed by atoms with Crippen LogP contribution in [0.4, 0.5) is 0 Å². The van der Waals surface area contributed by atoms with Crippen molar-refractivity contribution in [1.29, 1.82) is 0 Å². The summed E-state index contributed by atoms with van der Waals surface area (Å²) in [5.74, 6) is 0.926. The molecule has 1 amide bonds. The topological polar surface area (TPSA) is 56.7 Å². The Morgan fingerprint density at radius 1 is 1.14 bits per heavy atom. The first-order valence-electron chi connectivity index (χ1n) is 8.43. The monoisotopic (exact) mass is 422 g/mol. The number of hydrogen-bond acceptors (Lipinski definition) is 2. The summed E-state index contributed by atoms with van der Waals surface area (Å²) in [6, 6.07) is 0. The largest absolute Gasteiger partial charge is 0.357 e. The van der Waals surface area contributed by atoms with E-state index in [9.17, 15) is 4.79 Å². The van der Waals surface area contributed by atoms with E-state index < -0.39 is 0 Å². The first-order valence-corrected chi connectivity index (χ1v) is 8.43. The summed E-state index contributed by atoms with van der Waals surface area (Å²) in [6.07, 6.45) is 7.50. The molecular formula is C16H31IN4O. The molecular weight excluding hydrogens is 391 g/mol. The number of guanidine groups is 1. The number of hydrogen-bond donors (Lipinski definition) is 2. The van der Waals surface area contributed by atoms with E-state index in [1.165, 1.54) is 25.7 Å². The van der Waals surface area contributed by atoms with Gasteiger partial charge in [0.15, 0.2) is 5.96 Å². The fourth-order valence-electron chi connectivity index (χ4n) is 3.26. The van der Waals surface area contributed by atoms with Gasteiger partial charge in [-0.25, -0.2) is 4.99 Å². The van der Waals surface area contributed by atoms with Crippen molar-refractivity contribution in [2.75, 3.05) is 32.7 Å². The number of nitrogens with one attached hydrogen (secondary N) is 2. The number of carbonyl (C=O) groups is 1. The van der Waals surface area contributed by atoms with Crippen LogP contribution in [0.1, 0.15) is 52.4 Å². The molecule has 0 bridgehead atoms. The summed E-state index contributed by atoms with van der Waals surface area (Å²) in [6.45, 7) is 8.21. The van der Waals surface area contributed by atoms with Crippen LogP contribution in [0.25, 0.3) is 0 Å². The Balaban J connectivity index is 0.00000242. The van der Waals surface area contributed by atoms with Gasteiger partial charge >= 0.3 is 0 Å². The van der Waals surface area contributed by atoms with Crippen molar-refractivity contribution in [1.82, 2.24) is 15.5 Å². The molecule has 2 fully saturated rings. The van der Waals surface area contributed by atoms with Gasteiger partial charge in [0, 0.05) is 26.2 Å². The van der Waals surface area contributed by atoms with E-state index in [0.717, 1.165) is 45.0 Å². The Morgan fingerprint density at radius 2 is 1.77 bits per heavy atom. The van der Waals surface area contributed by atoms with Crippen molar-refractivity contribution in [3.8, 4) is 0 Å². The molecule has 0 aromatic heterocycles. The molecule has 22 heavy (non-hydrogen) atoms. The van der Waals surface area contributed by atoms with Gasteiger partial charge in [0.2, 0.25) is 5.91 Å². The Labute approximate surface area is 151 Å². The third-order valence-corrected chi connectivity index (χ3v) is 4.67. The second-order valence-corrected chi connectivity index (χ2v) is 6.65. The molecule has 1 aliphatic heterocycles. The summed E-state index contributed by atoms with van der Waals surface area (Å²) in [7, 11) is 0. The second kappa shape index (κ2) is 9.57. The zero-order valence-electron chi connectivity index (χ0n) is 14.0. The molecule has 1 aliphatic carbocycles. The SMILES string of the molecule is CCNC(=NCC(=O)N1CCCC1)NCC1(C)CCCC1.I. The number of likely N-dealkylation sites (tertiary alicyclic amines) is 1. The van der Waals surface area contributed by atoms with Crippen LogP contribution in [0, 0.1) is 5.41 Å². The van der Waals surface area contributed by atoms with Gasteiger partial charge in [-0.3, -0.25) is 4.79 Å². The normalized spacial score (nSPS) is 20.6. The number of nitrogens with zero attached hydrogens (tertiary/aromatic N) is 2. The van der Waals surface area contributed by atoms with Crippen molar-refractivity contribution in [2.45, 2.75) is 52.4 Å². The Morgan fingerprint density at radius 3 is 2.36 bits per heavy atom. The number of halogens is 1. The molecule has 1 saturated heterocycles. The van der Waals surface area contributed by atoms with Gasteiger partial charge < -0.3 is 15.5 Å². The molecule has 0 radical (unpaired) electrons. The maximum absolute atomic E-state index is 12.0. The lowest BCUT2D eigenvalue weighted by molar-refractivity contribution is -0.128. The van der Waals surface area contributed by atoms with E-state index in [4.69, 9.17) is 0 Å². The van der Waals surface area contributed by atoms with Crippen LogP contribution in [-0.2, 0) is 4.79 Å². The molecule has 6 heteroatoms.